The van der Waals surface area contributed by atoms with E-state index in [9.17, 15) is 43.2 Å². The SMILES string of the molecule is CCCCC/C=C\C/C=C\C/C=C\C/C=C\C/C=C\CCC(=O)OC[C@H](COP(=O)(O)OC[C@@H](O)COP(=O)(O)OC[C@@H](COC(=O)CCC/C=C\C/C=C\C/C=C\C/C=C\CCCCC)OC(=O)CCC/C=C\C/C=C\C/C=C\C/C=C\CCCCC)OC(=O)CCCCCCCCCCCCCCCCC. The Morgan fingerprint density at radius 1 is 0.259 bits per heavy atom. The molecule has 0 heterocycles. The Bertz CT molecular complexity index is 2660. The Morgan fingerprint density at radius 2 is 0.481 bits per heavy atom. The van der Waals surface area contributed by atoms with Gasteiger partial charge in [-0.15, -0.1) is 0 Å². The highest BCUT2D eigenvalue weighted by Gasteiger charge is 2.30. The molecular weight excluding hydrogens is 1400 g/mol. The first-order valence-electron chi connectivity index (χ1n) is 41.7. The summed E-state index contributed by atoms with van der Waals surface area (Å²) in [6.07, 6.45) is 93.9. The van der Waals surface area contributed by atoms with Crippen molar-refractivity contribution in [2.24, 2.45) is 0 Å². The fourth-order valence-electron chi connectivity index (χ4n) is 10.6. The van der Waals surface area contributed by atoms with Gasteiger partial charge in [-0.2, -0.15) is 0 Å². The number of ether oxygens (including phenoxy) is 4. The molecule has 0 aliphatic carbocycles. The van der Waals surface area contributed by atoms with E-state index < -0.39 is 97.5 Å². The van der Waals surface area contributed by atoms with Crippen molar-refractivity contribution in [2.75, 3.05) is 39.6 Å². The average Bonchev–Trinajstić information content (AvgIpc) is 0.901. The second-order valence-corrected chi connectivity index (χ2v) is 30.3. The first-order valence-corrected chi connectivity index (χ1v) is 44.7. The van der Waals surface area contributed by atoms with Crippen molar-refractivity contribution < 1.29 is 80.2 Å². The summed E-state index contributed by atoms with van der Waals surface area (Å²) in [6.45, 7) is 4.60. The van der Waals surface area contributed by atoms with Crippen molar-refractivity contribution >= 4 is 39.5 Å². The summed E-state index contributed by atoms with van der Waals surface area (Å²) in [6, 6.07) is 0. The number of aliphatic hydroxyl groups is 1. The van der Waals surface area contributed by atoms with Gasteiger partial charge in [-0.3, -0.25) is 37.3 Å². The lowest BCUT2D eigenvalue weighted by atomic mass is 10.0. The van der Waals surface area contributed by atoms with Gasteiger partial charge in [0.25, 0.3) is 0 Å². The Kier molecular flexibility index (Phi) is 75.8. The fraction of sp³-hybridized carbons (Fsp3) is 0.663. The monoisotopic (exact) mass is 1550 g/mol. The Morgan fingerprint density at radius 3 is 0.787 bits per heavy atom. The van der Waals surface area contributed by atoms with Crippen molar-refractivity contribution in [3.63, 3.8) is 0 Å². The van der Waals surface area contributed by atoms with Crippen LogP contribution < -0.4 is 0 Å². The number of allylic oxidation sites excluding steroid dienone is 26. The first kappa shape index (κ1) is 103. The third-order valence-corrected chi connectivity index (χ3v) is 18.9. The molecule has 108 heavy (non-hydrogen) atoms. The van der Waals surface area contributed by atoms with Gasteiger partial charge in [-0.05, 0) is 141 Å². The van der Waals surface area contributed by atoms with Crippen LogP contribution in [0.25, 0.3) is 0 Å². The minimum atomic E-state index is -5.02. The number of hydrogen-bond acceptors (Lipinski definition) is 15. The van der Waals surface area contributed by atoms with Crippen LogP contribution in [0.1, 0.15) is 323 Å². The molecule has 0 spiro atoms. The first-order chi connectivity index (χ1) is 52.7. The maximum Gasteiger partial charge on any atom is 0.472 e. The molecule has 0 aliphatic rings. The van der Waals surface area contributed by atoms with Gasteiger partial charge in [-0.25, -0.2) is 9.13 Å². The maximum atomic E-state index is 13.1. The van der Waals surface area contributed by atoms with Crippen LogP contribution in [0.5, 0.6) is 0 Å². The molecule has 2 unspecified atom stereocenters. The Hall–Kier alpha value is -5.32. The van der Waals surface area contributed by atoms with E-state index in [2.05, 4.69) is 149 Å². The number of esters is 4. The molecule has 0 aromatic carbocycles. The Labute approximate surface area is 655 Å². The summed E-state index contributed by atoms with van der Waals surface area (Å²) in [7, 11) is -10.0. The van der Waals surface area contributed by atoms with Gasteiger partial charge in [-0.1, -0.05) is 314 Å². The highest BCUT2D eigenvalue weighted by Crippen LogP contribution is 2.45. The van der Waals surface area contributed by atoms with Gasteiger partial charge in [0.15, 0.2) is 12.2 Å². The van der Waals surface area contributed by atoms with Crippen LogP contribution >= 0.6 is 15.6 Å². The van der Waals surface area contributed by atoms with E-state index in [1.54, 1.807) is 0 Å². The topological polar surface area (TPSA) is 237 Å². The highest BCUT2D eigenvalue weighted by atomic mass is 31.2. The molecule has 0 saturated heterocycles. The predicted octanol–water partition coefficient (Wildman–Crippen LogP) is 24.8. The van der Waals surface area contributed by atoms with E-state index in [1.807, 2.05) is 36.5 Å². The molecule has 17 nitrogen and oxygen atoms in total. The zero-order valence-electron chi connectivity index (χ0n) is 67.5. The summed E-state index contributed by atoms with van der Waals surface area (Å²) in [5, 5.41) is 10.7. The molecule has 19 heteroatoms. The van der Waals surface area contributed by atoms with Gasteiger partial charge in [0, 0.05) is 25.7 Å². The third kappa shape index (κ3) is 78.8. The summed E-state index contributed by atoms with van der Waals surface area (Å²) in [4.78, 5) is 73.1. The molecule has 5 atom stereocenters. The summed E-state index contributed by atoms with van der Waals surface area (Å²) in [5.41, 5.74) is 0. The summed E-state index contributed by atoms with van der Waals surface area (Å²) >= 11 is 0. The van der Waals surface area contributed by atoms with E-state index in [1.165, 1.54) is 122 Å². The fourth-order valence-corrected chi connectivity index (χ4v) is 12.2. The van der Waals surface area contributed by atoms with E-state index in [0.29, 0.717) is 44.9 Å². The number of unbranched alkanes of at least 4 members (excludes halogenated alkanes) is 25. The van der Waals surface area contributed by atoms with E-state index in [-0.39, 0.29) is 25.7 Å². The van der Waals surface area contributed by atoms with Crippen molar-refractivity contribution in [2.45, 2.75) is 341 Å². The second-order valence-electron chi connectivity index (χ2n) is 27.4. The van der Waals surface area contributed by atoms with Crippen molar-refractivity contribution in [3.8, 4) is 0 Å². The average molecular weight is 1550 g/mol. The van der Waals surface area contributed by atoms with Crippen molar-refractivity contribution in [3.05, 3.63) is 158 Å². The van der Waals surface area contributed by atoms with Crippen LogP contribution in [0.15, 0.2) is 158 Å². The molecule has 3 N–H and O–H groups in total. The van der Waals surface area contributed by atoms with E-state index in [0.717, 1.165) is 103 Å². The number of carbonyl (C=O) groups excluding carboxylic acids is 4. The normalized spacial score (nSPS) is 14.6. The molecule has 0 aliphatic heterocycles. The number of phosphoric acid groups is 2. The molecule has 0 aromatic rings. The molecule has 0 fully saturated rings. The number of rotatable bonds is 77. The van der Waals surface area contributed by atoms with Crippen LogP contribution in [0.3, 0.4) is 0 Å². The van der Waals surface area contributed by atoms with Gasteiger partial charge in [0.05, 0.1) is 26.4 Å². The van der Waals surface area contributed by atoms with Crippen LogP contribution in [-0.2, 0) is 65.4 Å². The number of carbonyl (C=O) groups is 4. The molecule has 0 saturated carbocycles. The lowest BCUT2D eigenvalue weighted by molar-refractivity contribution is -0.161. The molecule has 0 bridgehead atoms. The molecule has 0 aromatic heterocycles. The number of hydrogen-bond donors (Lipinski definition) is 3. The standard InChI is InChI=1S/C89H148O17P2/c1-5-9-13-17-21-25-29-33-37-40-41-44-47-50-54-58-62-66-70-74-87(92)100-79-84(105-88(93)75-71-67-63-59-55-51-45-36-32-28-24-20-16-12-8-4)81-103-107(95,96)101-77-83(90)78-102-108(97,98)104-82-85(106-89(94)76-72-68-64-60-56-52-48-43-39-35-31-27-23-19-15-11-7-3)80-99-86(91)73-69-65-61-57-53-49-46-42-38-34-30-26-22-18-14-10-6-2/h21-23,25-27,33-35,37-39,41,44,46,48-50,52,54,57,60-62,64,66,83-85,90H,5-20,24,28-32,36,40,42-43,45,47,51,53,55-56,58-59,63,65,67-82H2,1-4H3,(H,95,96)(H,97,98)/b25-21-,26-22-,27-23-,37-33-,38-34-,39-35-,44-41-,49-46-,52-48-,54-50-,61-57-,64-60-,66-62-/t83-,84-,85-/m1/s1. The Balaban J connectivity index is 5.53. The van der Waals surface area contributed by atoms with Gasteiger partial charge >= 0.3 is 39.5 Å². The zero-order valence-corrected chi connectivity index (χ0v) is 69.3. The smallest absolute Gasteiger partial charge is 0.462 e. The van der Waals surface area contributed by atoms with Crippen LogP contribution in [0.4, 0.5) is 0 Å². The minimum Gasteiger partial charge on any atom is -0.462 e. The summed E-state index contributed by atoms with van der Waals surface area (Å²) in [5.74, 6) is -2.40. The molecule has 0 rings (SSSR count). The van der Waals surface area contributed by atoms with Crippen molar-refractivity contribution in [1.82, 2.24) is 0 Å². The quantitative estimate of drug-likeness (QED) is 0.0169. The van der Waals surface area contributed by atoms with E-state index >= 15 is 0 Å². The zero-order chi connectivity index (χ0) is 78.9. The van der Waals surface area contributed by atoms with Gasteiger partial charge in [0.1, 0.15) is 19.3 Å². The third-order valence-electron chi connectivity index (χ3n) is 17.0. The minimum absolute atomic E-state index is 0.00132. The number of aliphatic hydroxyl groups excluding tert-OH is 1. The van der Waals surface area contributed by atoms with Crippen LogP contribution in [-0.4, -0.2) is 96.7 Å². The predicted molar refractivity (Wildman–Crippen MR) is 445 cm³/mol. The maximum absolute atomic E-state index is 13.1. The number of phosphoric ester groups is 2. The van der Waals surface area contributed by atoms with Crippen LogP contribution in [0.2, 0.25) is 0 Å². The largest absolute Gasteiger partial charge is 0.472 e. The molecule has 616 valence electrons. The second kappa shape index (κ2) is 79.8. The van der Waals surface area contributed by atoms with Gasteiger partial charge in [0.2, 0.25) is 0 Å². The molecular formula is C89H148O17P2. The van der Waals surface area contributed by atoms with E-state index in [4.69, 9.17) is 37.0 Å². The molecule has 0 amide bonds. The lowest BCUT2D eigenvalue weighted by Crippen LogP contribution is -2.30. The highest BCUT2D eigenvalue weighted by molar-refractivity contribution is 7.47. The molecule has 0 radical (unpaired) electrons. The van der Waals surface area contributed by atoms with Crippen LogP contribution in [0, 0.1) is 0 Å². The van der Waals surface area contributed by atoms with Crippen molar-refractivity contribution in [1.29, 1.82) is 0 Å². The lowest BCUT2D eigenvalue weighted by Gasteiger charge is -2.21. The van der Waals surface area contributed by atoms with Gasteiger partial charge < -0.3 is 33.8 Å². The summed E-state index contributed by atoms with van der Waals surface area (Å²) < 4.78 is 68.5.